The van der Waals surface area contributed by atoms with Gasteiger partial charge in [-0.25, -0.2) is 4.79 Å². The number of benzene rings is 1. The van der Waals surface area contributed by atoms with E-state index in [0.717, 1.165) is 12.5 Å². The van der Waals surface area contributed by atoms with Gasteiger partial charge in [0.1, 0.15) is 5.56 Å². The van der Waals surface area contributed by atoms with E-state index in [1.807, 2.05) is 13.8 Å². The number of hydrogen-bond donors (Lipinski definition) is 1. The molecule has 0 atom stereocenters. The zero-order chi connectivity index (χ0) is 19.4. The summed E-state index contributed by atoms with van der Waals surface area (Å²) in [6.07, 6.45) is 0.725. The van der Waals surface area contributed by atoms with E-state index in [2.05, 4.69) is 26.1 Å². The molecule has 0 aliphatic carbocycles. The Morgan fingerprint density at radius 2 is 1.84 bits per heavy atom. The molecule has 0 unspecified atom stereocenters. The van der Waals surface area contributed by atoms with Gasteiger partial charge in [0.05, 0.1) is 4.92 Å². The second kappa shape index (κ2) is 7.82. The minimum atomic E-state index is -0.952. The lowest BCUT2D eigenvalue weighted by molar-refractivity contribution is -0.385. The third kappa shape index (κ3) is 7.09. The fourth-order valence-corrected chi connectivity index (χ4v) is 2.99. The first-order valence-electron chi connectivity index (χ1n) is 7.73. The zero-order valence-corrected chi connectivity index (χ0v) is 15.8. The van der Waals surface area contributed by atoms with Gasteiger partial charge in [0.2, 0.25) is 0 Å². The number of carbonyl (C=O) groups is 2. The summed E-state index contributed by atoms with van der Waals surface area (Å²) in [6, 6.07) is 3.60. The minimum absolute atomic E-state index is 0.0113. The summed E-state index contributed by atoms with van der Waals surface area (Å²) in [7, 11) is 0. The maximum Gasteiger partial charge on any atom is 0.345 e. The summed E-state index contributed by atoms with van der Waals surface area (Å²) in [4.78, 5) is 34.3. The number of carbonyl (C=O) groups excluding carboxylic acids is 2. The van der Waals surface area contributed by atoms with Gasteiger partial charge in [-0.1, -0.05) is 32.4 Å². The van der Waals surface area contributed by atoms with E-state index in [9.17, 15) is 19.7 Å². The van der Waals surface area contributed by atoms with Crippen molar-refractivity contribution in [2.75, 3.05) is 6.61 Å². The van der Waals surface area contributed by atoms with E-state index in [0.29, 0.717) is 0 Å². The summed E-state index contributed by atoms with van der Waals surface area (Å²) in [6.45, 7) is 9.40. The number of ether oxygens (including phenoxy) is 1. The van der Waals surface area contributed by atoms with Crippen molar-refractivity contribution in [2.24, 2.45) is 5.41 Å². The Hall–Kier alpha value is -2.15. The lowest BCUT2D eigenvalue weighted by atomic mass is 9.82. The molecule has 0 radical (unpaired) electrons. The van der Waals surface area contributed by atoms with Crippen LogP contribution < -0.4 is 5.32 Å². The molecule has 7 nitrogen and oxygen atoms in total. The van der Waals surface area contributed by atoms with E-state index in [4.69, 9.17) is 16.3 Å². The van der Waals surface area contributed by atoms with Gasteiger partial charge in [-0.05, 0) is 37.8 Å². The molecule has 1 aromatic carbocycles. The Morgan fingerprint density at radius 3 is 2.36 bits per heavy atom. The van der Waals surface area contributed by atoms with Crippen molar-refractivity contribution in [3.05, 3.63) is 38.9 Å². The quantitative estimate of drug-likeness (QED) is 0.467. The fraction of sp³-hybridized carbons (Fsp3) is 0.529. The average molecular weight is 371 g/mol. The summed E-state index contributed by atoms with van der Waals surface area (Å²) in [5, 5.41) is 13.9. The van der Waals surface area contributed by atoms with Gasteiger partial charge in [-0.3, -0.25) is 14.9 Å². The van der Waals surface area contributed by atoms with E-state index >= 15 is 0 Å². The summed E-state index contributed by atoms with van der Waals surface area (Å²) in [5.41, 5.74) is -1.19. The van der Waals surface area contributed by atoms with E-state index in [1.54, 1.807) is 0 Å². The first-order chi connectivity index (χ1) is 11.3. The van der Waals surface area contributed by atoms with Crippen molar-refractivity contribution in [1.82, 2.24) is 5.32 Å². The van der Waals surface area contributed by atoms with Crippen molar-refractivity contribution < 1.29 is 19.2 Å². The molecule has 0 fully saturated rings. The molecule has 0 aliphatic heterocycles. The van der Waals surface area contributed by atoms with Gasteiger partial charge in [0.25, 0.3) is 11.6 Å². The van der Waals surface area contributed by atoms with Crippen LogP contribution in [0.3, 0.4) is 0 Å². The molecular formula is C17H23ClN2O5. The normalized spacial score (nSPS) is 11.8. The molecule has 0 spiro atoms. The molecule has 0 bridgehead atoms. The highest BCUT2D eigenvalue weighted by atomic mass is 35.5. The molecule has 8 heteroatoms. The molecule has 1 rings (SSSR count). The molecule has 25 heavy (non-hydrogen) atoms. The molecule has 0 aliphatic rings. The van der Waals surface area contributed by atoms with Crippen LogP contribution in [0.4, 0.5) is 5.69 Å². The summed E-state index contributed by atoms with van der Waals surface area (Å²) < 4.78 is 4.90. The van der Waals surface area contributed by atoms with Gasteiger partial charge in [-0.2, -0.15) is 0 Å². The van der Waals surface area contributed by atoms with Crippen LogP contribution in [0, 0.1) is 15.5 Å². The molecule has 138 valence electrons. The third-order valence-electron chi connectivity index (χ3n) is 3.16. The second-order valence-electron chi connectivity index (χ2n) is 7.66. The SMILES string of the molecule is CC(C)(C)CC(C)(C)NC(=O)COC(=O)c1ccc(Cl)cc1[N+](=O)[O-]. The molecule has 1 amide bonds. The van der Waals surface area contributed by atoms with Crippen LogP contribution in [0.25, 0.3) is 0 Å². The first-order valence-corrected chi connectivity index (χ1v) is 8.11. The number of rotatable bonds is 6. The third-order valence-corrected chi connectivity index (χ3v) is 3.40. The van der Waals surface area contributed by atoms with Gasteiger partial charge < -0.3 is 10.1 Å². The van der Waals surface area contributed by atoms with Crippen LogP contribution in [0.15, 0.2) is 18.2 Å². The Morgan fingerprint density at radius 1 is 1.24 bits per heavy atom. The number of nitrogens with one attached hydrogen (secondary N) is 1. The van der Waals surface area contributed by atoms with Gasteiger partial charge in [0.15, 0.2) is 6.61 Å². The molecule has 1 aromatic rings. The lowest BCUT2D eigenvalue weighted by Crippen LogP contribution is -2.47. The van der Waals surface area contributed by atoms with Crippen molar-refractivity contribution in [3.63, 3.8) is 0 Å². The van der Waals surface area contributed by atoms with Crippen LogP contribution in [-0.2, 0) is 9.53 Å². The molecule has 1 N–H and O–H groups in total. The molecule has 0 heterocycles. The molecule has 0 aromatic heterocycles. The largest absolute Gasteiger partial charge is 0.452 e. The standard InChI is InChI=1S/C17H23ClN2O5/c1-16(2,3)10-17(4,5)19-14(21)9-25-15(22)12-7-6-11(18)8-13(12)20(23)24/h6-8H,9-10H2,1-5H3,(H,19,21). The van der Waals surface area contributed by atoms with Crippen LogP contribution in [-0.4, -0.2) is 28.9 Å². The minimum Gasteiger partial charge on any atom is -0.452 e. The maximum absolute atomic E-state index is 12.0. The number of halogens is 1. The highest BCUT2D eigenvalue weighted by molar-refractivity contribution is 6.31. The number of esters is 1. The highest BCUT2D eigenvalue weighted by Gasteiger charge is 2.28. The molecular weight excluding hydrogens is 348 g/mol. The van der Waals surface area contributed by atoms with Crippen molar-refractivity contribution in [1.29, 1.82) is 0 Å². The summed E-state index contributed by atoms with van der Waals surface area (Å²) >= 11 is 5.70. The smallest absolute Gasteiger partial charge is 0.345 e. The van der Waals surface area contributed by atoms with Crippen LogP contribution in [0.1, 0.15) is 51.4 Å². The van der Waals surface area contributed by atoms with Gasteiger partial charge in [-0.15, -0.1) is 0 Å². The van der Waals surface area contributed by atoms with Gasteiger partial charge >= 0.3 is 5.97 Å². The van der Waals surface area contributed by atoms with Crippen LogP contribution in [0.5, 0.6) is 0 Å². The first kappa shape index (κ1) is 20.9. The van der Waals surface area contributed by atoms with Crippen molar-refractivity contribution in [2.45, 2.75) is 46.6 Å². The maximum atomic E-state index is 12.0. The van der Waals surface area contributed by atoms with Crippen molar-refractivity contribution in [3.8, 4) is 0 Å². The van der Waals surface area contributed by atoms with Crippen LogP contribution >= 0.6 is 11.6 Å². The van der Waals surface area contributed by atoms with Crippen molar-refractivity contribution >= 4 is 29.2 Å². The highest BCUT2D eigenvalue weighted by Crippen LogP contribution is 2.27. The number of nitro benzene ring substituents is 1. The van der Waals surface area contributed by atoms with E-state index < -0.39 is 34.6 Å². The number of hydrogen-bond acceptors (Lipinski definition) is 5. The predicted octanol–water partition coefficient (Wildman–Crippen LogP) is 3.74. The number of nitrogens with zero attached hydrogens (tertiary/aromatic N) is 1. The van der Waals surface area contributed by atoms with E-state index in [1.165, 1.54) is 12.1 Å². The zero-order valence-electron chi connectivity index (χ0n) is 15.0. The Bertz CT molecular complexity index is 680. The topological polar surface area (TPSA) is 98.5 Å². The van der Waals surface area contributed by atoms with Crippen LogP contribution in [0.2, 0.25) is 5.02 Å². The predicted molar refractivity (Wildman–Crippen MR) is 94.7 cm³/mol. The monoisotopic (exact) mass is 370 g/mol. The molecule has 0 saturated heterocycles. The van der Waals surface area contributed by atoms with E-state index in [-0.39, 0.29) is 16.0 Å². The molecule has 0 saturated carbocycles. The Balaban J connectivity index is 2.71. The second-order valence-corrected chi connectivity index (χ2v) is 8.10. The fourth-order valence-electron chi connectivity index (χ4n) is 2.82. The number of nitro groups is 1. The number of amides is 1. The Kier molecular flexibility index (Phi) is 6.54. The lowest BCUT2D eigenvalue weighted by Gasteiger charge is -2.33. The average Bonchev–Trinajstić information content (AvgIpc) is 2.41. The van der Waals surface area contributed by atoms with Gasteiger partial charge in [0, 0.05) is 16.6 Å². The Labute approximate surface area is 151 Å². The summed E-state index contributed by atoms with van der Waals surface area (Å²) in [5.74, 6) is -1.42.